The number of hydrogen-bond acceptors (Lipinski definition) is 5. The van der Waals surface area contributed by atoms with Gasteiger partial charge in [-0.3, -0.25) is 19.8 Å². The highest BCUT2D eigenvalue weighted by atomic mass is 16.4. The van der Waals surface area contributed by atoms with Gasteiger partial charge in [0.15, 0.2) is 5.96 Å². The molecular weight excluding hydrogens is 352 g/mol. The fraction of sp³-hybridized carbons (Fsp3) is 0.412. The third-order valence-electron chi connectivity index (χ3n) is 3.67. The van der Waals surface area contributed by atoms with E-state index in [0.717, 1.165) is 5.56 Å². The number of carbonyl (C=O) groups is 3. The maximum Gasteiger partial charge on any atom is 0.322 e. The molecule has 0 aliphatic heterocycles. The lowest BCUT2D eigenvalue weighted by Crippen LogP contribution is -2.53. The minimum atomic E-state index is -1.18. The zero-order valence-corrected chi connectivity index (χ0v) is 14.9. The molecule has 2 atom stereocenters. The number of guanidine groups is 1. The first-order valence-electron chi connectivity index (χ1n) is 8.47. The Bertz CT molecular complexity index is 652. The molecule has 1 rings (SSSR count). The van der Waals surface area contributed by atoms with Crippen molar-refractivity contribution >= 4 is 23.7 Å². The van der Waals surface area contributed by atoms with E-state index in [1.54, 1.807) is 24.3 Å². The molecule has 0 aliphatic rings. The molecule has 27 heavy (non-hydrogen) atoms. The van der Waals surface area contributed by atoms with Crippen LogP contribution in [0.25, 0.3) is 0 Å². The Balaban J connectivity index is 2.65. The van der Waals surface area contributed by atoms with Crippen LogP contribution in [0.4, 0.5) is 0 Å². The number of aliphatic carboxylic acids is 1. The lowest BCUT2D eigenvalue weighted by Gasteiger charge is -2.20. The van der Waals surface area contributed by atoms with E-state index in [1.807, 2.05) is 6.07 Å². The summed E-state index contributed by atoms with van der Waals surface area (Å²) in [6, 6.07) is 7.25. The van der Waals surface area contributed by atoms with Gasteiger partial charge < -0.3 is 32.5 Å². The summed E-state index contributed by atoms with van der Waals surface area (Å²) in [6.45, 7) is -0.133. The third-order valence-corrected chi connectivity index (χ3v) is 3.67. The van der Waals surface area contributed by atoms with Crippen molar-refractivity contribution in [2.24, 2.45) is 11.5 Å². The van der Waals surface area contributed by atoms with Crippen LogP contribution in [0.15, 0.2) is 30.3 Å². The van der Waals surface area contributed by atoms with Crippen LogP contribution in [0.3, 0.4) is 0 Å². The van der Waals surface area contributed by atoms with E-state index < -0.39 is 36.4 Å². The van der Waals surface area contributed by atoms with E-state index in [2.05, 4.69) is 16.0 Å². The third kappa shape index (κ3) is 9.21. The first-order valence-corrected chi connectivity index (χ1v) is 8.47. The van der Waals surface area contributed by atoms with Crippen LogP contribution in [-0.2, 0) is 20.8 Å². The smallest absolute Gasteiger partial charge is 0.322 e. The van der Waals surface area contributed by atoms with E-state index in [1.165, 1.54) is 0 Å². The van der Waals surface area contributed by atoms with Crippen molar-refractivity contribution in [2.75, 3.05) is 13.1 Å². The van der Waals surface area contributed by atoms with Gasteiger partial charge in [0.05, 0.1) is 6.04 Å². The molecule has 0 fully saturated rings. The zero-order valence-electron chi connectivity index (χ0n) is 14.9. The highest BCUT2D eigenvalue weighted by Crippen LogP contribution is 2.04. The number of carboxylic acid groups (broad SMARTS) is 1. The molecule has 2 amide bonds. The number of rotatable bonds is 11. The normalized spacial score (nSPS) is 12.5. The molecule has 0 aromatic heterocycles. The maximum atomic E-state index is 12.3. The Kier molecular flexibility index (Phi) is 9.30. The second-order valence-electron chi connectivity index (χ2n) is 5.95. The Morgan fingerprint density at radius 3 is 2.37 bits per heavy atom. The number of amides is 2. The van der Waals surface area contributed by atoms with E-state index in [-0.39, 0.29) is 12.4 Å². The molecule has 0 bridgehead atoms. The Labute approximate surface area is 157 Å². The average Bonchev–Trinajstić information content (AvgIpc) is 2.63. The lowest BCUT2D eigenvalue weighted by atomic mass is 10.0. The number of hydrogen-bond donors (Lipinski definition) is 7. The van der Waals surface area contributed by atoms with Gasteiger partial charge in [-0.25, -0.2) is 0 Å². The molecule has 10 heteroatoms. The van der Waals surface area contributed by atoms with Gasteiger partial charge in [-0.1, -0.05) is 30.3 Å². The van der Waals surface area contributed by atoms with Crippen LogP contribution >= 0.6 is 0 Å². The summed E-state index contributed by atoms with van der Waals surface area (Å²) >= 11 is 0. The minimum absolute atomic E-state index is 0.161. The van der Waals surface area contributed by atoms with Crippen LogP contribution < -0.4 is 27.4 Å². The van der Waals surface area contributed by atoms with E-state index in [4.69, 9.17) is 22.0 Å². The molecule has 1 aromatic carbocycles. The zero-order chi connectivity index (χ0) is 20.2. The molecule has 0 saturated heterocycles. The van der Waals surface area contributed by atoms with Crippen molar-refractivity contribution in [1.29, 1.82) is 5.41 Å². The van der Waals surface area contributed by atoms with Gasteiger partial charge in [-0.05, 0) is 18.4 Å². The van der Waals surface area contributed by atoms with Crippen molar-refractivity contribution in [3.8, 4) is 0 Å². The summed E-state index contributed by atoms with van der Waals surface area (Å²) in [5.41, 5.74) is 11.8. The number of carboxylic acids is 1. The quantitative estimate of drug-likeness (QED) is 0.139. The molecule has 0 unspecified atom stereocenters. The number of carbonyl (C=O) groups excluding carboxylic acids is 2. The predicted octanol–water partition coefficient (Wildman–Crippen LogP) is -1.49. The van der Waals surface area contributed by atoms with Gasteiger partial charge in [0.1, 0.15) is 12.6 Å². The van der Waals surface area contributed by atoms with Crippen molar-refractivity contribution in [2.45, 2.75) is 31.3 Å². The van der Waals surface area contributed by atoms with Crippen LogP contribution in [0.1, 0.15) is 18.4 Å². The summed E-state index contributed by atoms with van der Waals surface area (Å²) in [5, 5.41) is 23.2. The number of nitrogens with two attached hydrogens (primary N) is 2. The van der Waals surface area contributed by atoms with Crippen molar-refractivity contribution in [3.05, 3.63) is 35.9 Å². The molecule has 148 valence electrons. The molecule has 0 saturated carbocycles. The van der Waals surface area contributed by atoms with Gasteiger partial charge in [-0.2, -0.15) is 0 Å². The van der Waals surface area contributed by atoms with E-state index in [0.29, 0.717) is 19.4 Å². The second-order valence-corrected chi connectivity index (χ2v) is 5.95. The highest BCUT2D eigenvalue weighted by molar-refractivity contribution is 5.91. The Hall–Kier alpha value is -3.14. The fourth-order valence-electron chi connectivity index (χ4n) is 2.30. The molecule has 1 aromatic rings. The van der Waals surface area contributed by atoms with Crippen LogP contribution in [0.5, 0.6) is 0 Å². The van der Waals surface area contributed by atoms with Crippen molar-refractivity contribution < 1.29 is 19.5 Å². The van der Waals surface area contributed by atoms with Crippen LogP contribution in [0, 0.1) is 5.41 Å². The summed E-state index contributed by atoms with van der Waals surface area (Å²) in [6.07, 6.45) is 1.06. The molecule has 9 N–H and O–H groups in total. The maximum absolute atomic E-state index is 12.3. The average molecular weight is 378 g/mol. The fourth-order valence-corrected chi connectivity index (χ4v) is 2.30. The monoisotopic (exact) mass is 378 g/mol. The minimum Gasteiger partial charge on any atom is -0.480 e. The predicted molar refractivity (Wildman–Crippen MR) is 99.8 cm³/mol. The van der Waals surface area contributed by atoms with Gasteiger partial charge >= 0.3 is 5.97 Å². The standard InChI is InChI=1S/C17H26N6O4/c18-12(7-4-8-21-17(19)20)15(26)23-13(16(27)22-10-14(24)25)9-11-5-2-1-3-6-11/h1-3,5-6,12-13H,4,7-10,18H2,(H,22,27)(H,23,26)(H,24,25)(H4,19,20,21)/t12-,13+/m0/s1. The van der Waals surface area contributed by atoms with E-state index in [9.17, 15) is 14.4 Å². The van der Waals surface area contributed by atoms with Gasteiger partial charge in [0.2, 0.25) is 11.8 Å². The van der Waals surface area contributed by atoms with Gasteiger partial charge in [0.25, 0.3) is 0 Å². The number of nitrogens with one attached hydrogen (secondary N) is 4. The first-order chi connectivity index (χ1) is 12.8. The molecule has 0 aliphatic carbocycles. The lowest BCUT2D eigenvalue weighted by molar-refractivity contribution is -0.138. The van der Waals surface area contributed by atoms with Gasteiger partial charge in [-0.15, -0.1) is 0 Å². The highest BCUT2D eigenvalue weighted by Gasteiger charge is 2.24. The first kappa shape index (κ1) is 21.9. The Morgan fingerprint density at radius 1 is 1.11 bits per heavy atom. The number of benzene rings is 1. The molecule has 10 nitrogen and oxygen atoms in total. The van der Waals surface area contributed by atoms with Crippen LogP contribution in [0.2, 0.25) is 0 Å². The summed E-state index contributed by atoms with van der Waals surface area (Å²) in [5.74, 6) is -2.45. The summed E-state index contributed by atoms with van der Waals surface area (Å²) in [7, 11) is 0. The Morgan fingerprint density at radius 2 is 1.78 bits per heavy atom. The summed E-state index contributed by atoms with van der Waals surface area (Å²) < 4.78 is 0. The topological polar surface area (TPSA) is 183 Å². The van der Waals surface area contributed by atoms with E-state index >= 15 is 0 Å². The SMILES string of the molecule is N=C(N)NCCC[C@H](N)C(=O)N[C@H](Cc1ccccc1)C(=O)NCC(=O)O. The molecular formula is C17H26N6O4. The molecule has 0 spiro atoms. The second kappa shape index (κ2) is 11.5. The molecule has 0 radical (unpaired) electrons. The van der Waals surface area contributed by atoms with Crippen molar-refractivity contribution in [3.63, 3.8) is 0 Å². The summed E-state index contributed by atoms with van der Waals surface area (Å²) in [4.78, 5) is 35.2. The molecule has 0 heterocycles. The van der Waals surface area contributed by atoms with Crippen molar-refractivity contribution in [1.82, 2.24) is 16.0 Å². The van der Waals surface area contributed by atoms with Gasteiger partial charge in [0, 0.05) is 13.0 Å². The van der Waals surface area contributed by atoms with Crippen LogP contribution in [-0.4, -0.2) is 54.0 Å². The largest absolute Gasteiger partial charge is 0.480 e.